The van der Waals surface area contributed by atoms with Gasteiger partial charge in [0.1, 0.15) is 5.75 Å². The van der Waals surface area contributed by atoms with Crippen LogP contribution in [0.1, 0.15) is 49.9 Å². The number of carbonyl (C=O) groups is 2. The Balaban J connectivity index is 1.51. The smallest absolute Gasteiger partial charge is 0.267 e. The van der Waals surface area contributed by atoms with Gasteiger partial charge in [-0.2, -0.15) is 4.31 Å². The largest absolute Gasteiger partial charge is 0.479 e. The minimum atomic E-state index is -3.52. The van der Waals surface area contributed by atoms with Gasteiger partial charge in [-0.15, -0.1) is 0 Å². The SMILES string of the molecule is CCCCN1C(=O)C(C)Oc2ccc(NC(=O)c3ccc(S(=O)(=O)N4CCCC4)cc3)cc21. The molecule has 1 N–H and O–H groups in total. The molecule has 0 radical (unpaired) electrons. The van der Waals surface area contributed by atoms with Crippen LogP contribution in [0.2, 0.25) is 0 Å². The molecule has 8 nitrogen and oxygen atoms in total. The van der Waals surface area contributed by atoms with Crippen LogP contribution >= 0.6 is 0 Å². The summed E-state index contributed by atoms with van der Waals surface area (Å²) in [7, 11) is -3.52. The lowest BCUT2D eigenvalue weighted by molar-refractivity contribution is -0.125. The van der Waals surface area contributed by atoms with Crippen molar-refractivity contribution in [2.75, 3.05) is 29.9 Å². The molecule has 2 aromatic rings. The normalized spacial score (nSPS) is 18.7. The predicted octanol–water partition coefficient (Wildman–Crippen LogP) is 3.64. The van der Waals surface area contributed by atoms with Crippen LogP contribution in [0.4, 0.5) is 11.4 Å². The highest BCUT2D eigenvalue weighted by atomic mass is 32.2. The van der Waals surface area contributed by atoms with Crippen molar-refractivity contribution in [1.82, 2.24) is 4.31 Å². The second-order valence-electron chi connectivity index (χ2n) is 8.38. The van der Waals surface area contributed by atoms with Crippen molar-refractivity contribution in [3.8, 4) is 5.75 Å². The van der Waals surface area contributed by atoms with Gasteiger partial charge in [0, 0.05) is 30.9 Å². The molecule has 1 fully saturated rings. The second kappa shape index (κ2) is 9.52. The van der Waals surface area contributed by atoms with E-state index in [1.54, 1.807) is 30.0 Å². The summed E-state index contributed by atoms with van der Waals surface area (Å²) in [6, 6.07) is 11.2. The number of ether oxygens (including phenoxy) is 1. The molecule has 2 aromatic carbocycles. The maximum atomic E-state index is 12.8. The molecule has 2 aliphatic heterocycles. The number of rotatable bonds is 7. The van der Waals surface area contributed by atoms with Crippen molar-refractivity contribution in [2.24, 2.45) is 0 Å². The number of fused-ring (bicyclic) bond motifs is 1. The number of nitrogens with zero attached hydrogens (tertiary/aromatic N) is 2. The summed E-state index contributed by atoms with van der Waals surface area (Å²) in [5.74, 6) is 0.138. The van der Waals surface area contributed by atoms with Crippen molar-refractivity contribution in [3.05, 3.63) is 48.0 Å². The Morgan fingerprint density at radius 2 is 1.82 bits per heavy atom. The van der Waals surface area contributed by atoms with Gasteiger partial charge in [0.2, 0.25) is 10.0 Å². The van der Waals surface area contributed by atoms with Crippen molar-refractivity contribution in [3.63, 3.8) is 0 Å². The zero-order valence-corrected chi connectivity index (χ0v) is 19.7. The number of carbonyl (C=O) groups excluding carboxylic acids is 2. The molecule has 4 rings (SSSR count). The van der Waals surface area contributed by atoms with Crippen LogP contribution in [0, 0.1) is 0 Å². The van der Waals surface area contributed by atoms with E-state index in [2.05, 4.69) is 12.2 Å². The minimum absolute atomic E-state index is 0.103. The fourth-order valence-corrected chi connectivity index (χ4v) is 5.61. The maximum absolute atomic E-state index is 12.8. The molecule has 2 amide bonds. The summed E-state index contributed by atoms with van der Waals surface area (Å²) in [5.41, 5.74) is 1.51. The van der Waals surface area contributed by atoms with Gasteiger partial charge in [0.05, 0.1) is 10.6 Å². The Hall–Kier alpha value is -2.91. The van der Waals surface area contributed by atoms with Crippen LogP contribution < -0.4 is 15.0 Å². The number of amides is 2. The summed E-state index contributed by atoms with van der Waals surface area (Å²) in [5, 5.41) is 2.83. The number of benzene rings is 2. The van der Waals surface area contributed by atoms with Gasteiger partial charge >= 0.3 is 0 Å². The van der Waals surface area contributed by atoms with Crippen molar-refractivity contribution < 1.29 is 22.7 Å². The van der Waals surface area contributed by atoms with E-state index in [1.807, 2.05) is 0 Å². The van der Waals surface area contributed by atoms with E-state index in [0.29, 0.717) is 42.3 Å². The van der Waals surface area contributed by atoms with Crippen LogP contribution in [0.25, 0.3) is 0 Å². The van der Waals surface area contributed by atoms with E-state index in [0.717, 1.165) is 25.7 Å². The quantitative estimate of drug-likeness (QED) is 0.665. The Kier molecular flexibility index (Phi) is 6.71. The zero-order chi connectivity index (χ0) is 23.6. The molecule has 0 aromatic heterocycles. The fraction of sp³-hybridized carbons (Fsp3) is 0.417. The van der Waals surface area contributed by atoms with Gasteiger partial charge in [0.15, 0.2) is 6.10 Å². The third-order valence-electron chi connectivity index (χ3n) is 5.98. The molecule has 176 valence electrons. The third kappa shape index (κ3) is 4.74. The summed E-state index contributed by atoms with van der Waals surface area (Å²) in [4.78, 5) is 27.3. The highest BCUT2D eigenvalue weighted by molar-refractivity contribution is 7.89. The first kappa shape index (κ1) is 23.3. The number of anilines is 2. The lowest BCUT2D eigenvalue weighted by Gasteiger charge is -2.33. The number of unbranched alkanes of at least 4 members (excludes halogenated alkanes) is 1. The molecule has 0 spiro atoms. The Morgan fingerprint density at radius 1 is 1.12 bits per heavy atom. The lowest BCUT2D eigenvalue weighted by Crippen LogP contribution is -2.44. The monoisotopic (exact) mass is 471 g/mol. The predicted molar refractivity (Wildman–Crippen MR) is 126 cm³/mol. The highest BCUT2D eigenvalue weighted by Gasteiger charge is 2.31. The standard InChI is InChI=1S/C24H29N3O5S/c1-3-4-15-27-21-16-19(9-12-22(21)32-17(2)24(27)29)25-23(28)18-7-10-20(11-8-18)33(30,31)26-13-5-6-14-26/h7-12,16-17H,3-6,13-15H2,1-2H3,(H,25,28). The molecule has 1 atom stereocenters. The molecule has 0 aliphatic carbocycles. The van der Waals surface area contributed by atoms with Crippen LogP contribution in [-0.4, -0.2) is 50.3 Å². The summed E-state index contributed by atoms with van der Waals surface area (Å²) in [6.07, 6.45) is 3.00. The van der Waals surface area contributed by atoms with Gasteiger partial charge in [-0.1, -0.05) is 13.3 Å². The number of hydrogen-bond donors (Lipinski definition) is 1. The molecule has 1 unspecified atom stereocenters. The van der Waals surface area contributed by atoms with Gasteiger partial charge in [-0.25, -0.2) is 8.42 Å². The number of sulfonamides is 1. The summed E-state index contributed by atoms with van der Waals surface area (Å²) in [6.45, 7) is 5.44. The van der Waals surface area contributed by atoms with Crippen LogP contribution in [0.15, 0.2) is 47.4 Å². The first-order chi connectivity index (χ1) is 15.8. The summed E-state index contributed by atoms with van der Waals surface area (Å²) >= 11 is 0. The molecule has 1 saturated heterocycles. The van der Waals surface area contributed by atoms with E-state index in [4.69, 9.17) is 4.74 Å². The molecule has 0 saturated carbocycles. The van der Waals surface area contributed by atoms with Gasteiger partial charge < -0.3 is 15.0 Å². The molecule has 0 bridgehead atoms. The van der Waals surface area contributed by atoms with Crippen molar-refractivity contribution in [2.45, 2.75) is 50.5 Å². The molecule has 2 aliphatic rings. The Labute approximate surface area is 194 Å². The first-order valence-corrected chi connectivity index (χ1v) is 12.8. The second-order valence-corrected chi connectivity index (χ2v) is 10.3. The molecule has 9 heteroatoms. The van der Waals surface area contributed by atoms with Crippen LogP contribution in [0.3, 0.4) is 0 Å². The van der Waals surface area contributed by atoms with Crippen molar-refractivity contribution >= 4 is 33.2 Å². The van der Waals surface area contributed by atoms with Gasteiger partial charge in [-0.05, 0) is 68.7 Å². The maximum Gasteiger partial charge on any atom is 0.267 e. The van der Waals surface area contributed by atoms with E-state index in [1.165, 1.54) is 28.6 Å². The van der Waals surface area contributed by atoms with E-state index in [9.17, 15) is 18.0 Å². The Bertz CT molecular complexity index is 1140. The summed E-state index contributed by atoms with van der Waals surface area (Å²) < 4.78 is 32.6. The Morgan fingerprint density at radius 3 is 2.48 bits per heavy atom. The van der Waals surface area contributed by atoms with E-state index >= 15 is 0 Å². The van der Waals surface area contributed by atoms with Crippen LogP contribution in [0.5, 0.6) is 5.75 Å². The molecular weight excluding hydrogens is 442 g/mol. The number of nitrogens with one attached hydrogen (secondary N) is 1. The lowest BCUT2D eigenvalue weighted by atomic mass is 10.1. The fourth-order valence-electron chi connectivity index (χ4n) is 4.09. The average molecular weight is 472 g/mol. The van der Waals surface area contributed by atoms with Crippen LogP contribution in [-0.2, 0) is 14.8 Å². The van der Waals surface area contributed by atoms with Crippen molar-refractivity contribution in [1.29, 1.82) is 0 Å². The van der Waals surface area contributed by atoms with E-state index in [-0.39, 0.29) is 16.7 Å². The molecule has 2 heterocycles. The molecular formula is C24H29N3O5S. The topological polar surface area (TPSA) is 96.0 Å². The minimum Gasteiger partial charge on any atom is -0.479 e. The molecule has 33 heavy (non-hydrogen) atoms. The zero-order valence-electron chi connectivity index (χ0n) is 18.9. The average Bonchev–Trinajstić information content (AvgIpc) is 3.36. The third-order valence-corrected chi connectivity index (χ3v) is 7.89. The van der Waals surface area contributed by atoms with Gasteiger partial charge in [-0.3, -0.25) is 9.59 Å². The van der Waals surface area contributed by atoms with E-state index < -0.39 is 16.1 Å². The number of hydrogen-bond acceptors (Lipinski definition) is 5. The highest BCUT2D eigenvalue weighted by Crippen LogP contribution is 2.36. The van der Waals surface area contributed by atoms with Gasteiger partial charge in [0.25, 0.3) is 11.8 Å². The first-order valence-electron chi connectivity index (χ1n) is 11.3.